The first-order valence-corrected chi connectivity index (χ1v) is 14.6. The summed E-state index contributed by atoms with van der Waals surface area (Å²) in [6, 6.07) is 24.4. The van der Waals surface area contributed by atoms with Crippen LogP contribution in [0.25, 0.3) is 0 Å². The standard InChI is InChI=1S/C33H39NO7S/c1-22(30(36)41-32(3,4)5)40-31(37)29(34-23(2)35)21-42-33(24-11-9-8-10-12-24,25-13-17-27(38-6)18-14-25)26-15-19-28(39-7)20-16-26/h8-20,22,29H,21H2,1-7H3,(H,34,35)/t22-,29+/m1/s1. The summed E-state index contributed by atoms with van der Waals surface area (Å²) in [5.41, 5.74) is 2.09. The number of amides is 1. The van der Waals surface area contributed by atoms with E-state index >= 15 is 0 Å². The molecule has 0 aromatic heterocycles. The summed E-state index contributed by atoms with van der Waals surface area (Å²) < 4.78 is 20.9. The Balaban J connectivity index is 2.06. The number of rotatable bonds is 12. The molecule has 0 fully saturated rings. The molecule has 8 nitrogen and oxygen atoms in total. The summed E-state index contributed by atoms with van der Waals surface area (Å²) >= 11 is 1.47. The number of methoxy groups -OCH3 is 2. The summed E-state index contributed by atoms with van der Waals surface area (Å²) in [4.78, 5) is 38.1. The van der Waals surface area contributed by atoms with Crippen LogP contribution >= 0.6 is 11.8 Å². The minimum atomic E-state index is -1.15. The van der Waals surface area contributed by atoms with Gasteiger partial charge in [-0.15, -0.1) is 11.8 Å². The Morgan fingerprint density at radius 3 is 1.67 bits per heavy atom. The molecule has 224 valence electrons. The molecule has 42 heavy (non-hydrogen) atoms. The van der Waals surface area contributed by atoms with Gasteiger partial charge in [0.1, 0.15) is 23.1 Å². The maximum atomic E-state index is 13.4. The number of hydrogen-bond acceptors (Lipinski definition) is 8. The van der Waals surface area contributed by atoms with Crippen molar-refractivity contribution < 1.29 is 33.3 Å². The molecule has 9 heteroatoms. The van der Waals surface area contributed by atoms with E-state index in [0.717, 1.165) is 16.7 Å². The van der Waals surface area contributed by atoms with E-state index in [1.54, 1.807) is 35.0 Å². The molecule has 0 saturated carbocycles. The summed E-state index contributed by atoms with van der Waals surface area (Å²) in [6.45, 7) is 7.99. The van der Waals surface area contributed by atoms with Crippen LogP contribution in [0.2, 0.25) is 0 Å². The van der Waals surface area contributed by atoms with E-state index in [1.165, 1.54) is 25.6 Å². The highest BCUT2D eigenvalue weighted by atomic mass is 32.2. The van der Waals surface area contributed by atoms with Crippen LogP contribution in [0.1, 0.15) is 51.3 Å². The van der Waals surface area contributed by atoms with Crippen LogP contribution in [0.15, 0.2) is 78.9 Å². The van der Waals surface area contributed by atoms with Gasteiger partial charge in [-0.3, -0.25) is 4.79 Å². The van der Waals surface area contributed by atoms with Crippen molar-refractivity contribution in [3.8, 4) is 11.5 Å². The molecule has 0 saturated heterocycles. The average molecular weight is 594 g/mol. The first-order chi connectivity index (χ1) is 19.9. The fraction of sp³-hybridized carbons (Fsp3) is 0.364. The third-order valence-electron chi connectivity index (χ3n) is 6.33. The maximum Gasteiger partial charge on any atom is 0.347 e. The lowest BCUT2D eigenvalue weighted by atomic mass is 9.84. The highest BCUT2D eigenvalue weighted by molar-refractivity contribution is 8.00. The molecule has 3 aromatic rings. The molecule has 1 amide bonds. The highest BCUT2D eigenvalue weighted by Crippen LogP contribution is 2.49. The average Bonchev–Trinajstić information content (AvgIpc) is 2.96. The second kappa shape index (κ2) is 14.3. The van der Waals surface area contributed by atoms with E-state index in [0.29, 0.717) is 11.5 Å². The Morgan fingerprint density at radius 2 is 1.24 bits per heavy atom. The van der Waals surface area contributed by atoms with Gasteiger partial charge in [-0.05, 0) is 68.7 Å². The number of nitrogens with one attached hydrogen (secondary N) is 1. The van der Waals surface area contributed by atoms with Crippen molar-refractivity contribution in [1.82, 2.24) is 5.32 Å². The molecule has 0 aliphatic carbocycles. The third kappa shape index (κ3) is 8.28. The van der Waals surface area contributed by atoms with Crippen LogP contribution in [0.4, 0.5) is 0 Å². The zero-order valence-corrected chi connectivity index (χ0v) is 25.9. The fourth-order valence-electron chi connectivity index (χ4n) is 4.39. The maximum absolute atomic E-state index is 13.4. The Labute approximate surface area is 252 Å². The van der Waals surface area contributed by atoms with Gasteiger partial charge in [-0.2, -0.15) is 0 Å². The second-order valence-corrected chi connectivity index (χ2v) is 11.9. The molecule has 1 N–H and O–H groups in total. The Bertz CT molecular complexity index is 1290. The van der Waals surface area contributed by atoms with Crippen LogP contribution in [0.3, 0.4) is 0 Å². The van der Waals surface area contributed by atoms with Gasteiger partial charge >= 0.3 is 11.9 Å². The van der Waals surface area contributed by atoms with Crippen molar-refractivity contribution >= 4 is 29.6 Å². The van der Waals surface area contributed by atoms with Crippen LogP contribution in [0, 0.1) is 0 Å². The Kier molecular flexibility index (Phi) is 11.1. The van der Waals surface area contributed by atoms with Gasteiger partial charge in [0.05, 0.1) is 19.0 Å². The molecule has 0 spiro atoms. The minimum absolute atomic E-state index is 0.131. The molecule has 0 bridgehead atoms. The van der Waals surface area contributed by atoms with Gasteiger partial charge in [-0.1, -0.05) is 54.6 Å². The normalized spacial score (nSPS) is 12.9. The largest absolute Gasteiger partial charge is 0.497 e. The SMILES string of the molecule is COc1ccc(C(SC[C@H](NC(C)=O)C(=O)O[C@H](C)C(=O)OC(C)(C)C)(c2ccccc2)c2ccc(OC)cc2)cc1. The van der Waals surface area contributed by atoms with Crippen molar-refractivity contribution in [2.75, 3.05) is 20.0 Å². The first kappa shape index (κ1) is 32.5. The highest BCUT2D eigenvalue weighted by Gasteiger charge is 2.39. The van der Waals surface area contributed by atoms with Gasteiger partial charge < -0.3 is 24.3 Å². The minimum Gasteiger partial charge on any atom is -0.497 e. The molecule has 2 atom stereocenters. The van der Waals surface area contributed by atoms with Gasteiger partial charge in [0, 0.05) is 12.7 Å². The molecule has 0 aliphatic rings. The number of carbonyl (C=O) groups is 3. The molecule has 3 aromatic carbocycles. The van der Waals surface area contributed by atoms with E-state index in [-0.39, 0.29) is 5.75 Å². The molecule has 0 heterocycles. The summed E-state index contributed by atoms with van der Waals surface area (Å²) in [5.74, 6) is -0.260. The van der Waals surface area contributed by atoms with E-state index in [4.69, 9.17) is 18.9 Å². The topological polar surface area (TPSA) is 100 Å². The van der Waals surface area contributed by atoms with Crippen LogP contribution in [-0.4, -0.2) is 55.6 Å². The van der Waals surface area contributed by atoms with Crippen molar-refractivity contribution in [3.05, 3.63) is 95.6 Å². The molecule has 0 aliphatic heterocycles. The van der Waals surface area contributed by atoms with E-state index in [2.05, 4.69) is 5.32 Å². The first-order valence-electron chi connectivity index (χ1n) is 13.6. The smallest absolute Gasteiger partial charge is 0.347 e. The lowest BCUT2D eigenvalue weighted by Gasteiger charge is -2.36. The predicted octanol–water partition coefficient (Wildman–Crippen LogP) is 5.51. The molecular weight excluding hydrogens is 554 g/mol. The fourth-order valence-corrected chi connectivity index (χ4v) is 5.93. The van der Waals surface area contributed by atoms with Gasteiger partial charge in [0.2, 0.25) is 5.91 Å². The molecular formula is C33H39NO7S. The summed E-state index contributed by atoms with van der Waals surface area (Å²) in [6.07, 6.45) is -1.15. The van der Waals surface area contributed by atoms with E-state index in [9.17, 15) is 14.4 Å². The summed E-state index contributed by atoms with van der Waals surface area (Å²) in [7, 11) is 3.22. The predicted molar refractivity (Wildman–Crippen MR) is 164 cm³/mol. The Morgan fingerprint density at radius 1 is 0.762 bits per heavy atom. The monoisotopic (exact) mass is 593 g/mol. The quantitative estimate of drug-likeness (QED) is 0.217. The number of esters is 2. The van der Waals surface area contributed by atoms with Crippen molar-refractivity contribution in [1.29, 1.82) is 0 Å². The van der Waals surface area contributed by atoms with Crippen molar-refractivity contribution in [2.45, 2.75) is 57.1 Å². The molecule has 0 unspecified atom stereocenters. The number of ether oxygens (including phenoxy) is 4. The van der Waals surface area contributed by atoms with Gasteiger partial charge in [0.15, 0.2) is 6.10 Å². The van der Waals surface area contributed by atoms with Crippen LogP contribution < -0.4 is 14.8 Å². The zero-order valence-electron chi connectivity index (χ0n) is 25.1. The number of thioether (sulfide) groups is 1. The van der Waals surface area contributed by atoms with Gasteiger partial charge in [-0.25, -0.2) is 9.59 Å². The van der Waals surface area contributed by atoms with Crippen molar-refractivity contribution in [3.63, 3.8) is 0 Å². The second-order valence-electron chi connectivity index (χ2n) is 10.7. The number of benzene rings is 3. The van der Waals surface area contributed by atoms with Crippen LogP contribution in [0.5, 0.6) is 11.5 Å². The van der Waals surface area contributed by atoms with E-state index in [1.807, 2.05) is 78.9 Å². The van der Waals surface area contributed by atoms with Crippen LogP contribution in [-0.2, 0) is 28.6 Å². The molecule has 3 rings (SSSR count). The molecule has 0 radical (unpaired) electrons. The van der Waals surface area contributed by atoms with E-state index < -0.39 is 40.3 Å². The zero-order chi connectivity index (χ0) is 30.9. The number of carbonyl (C=O) groups excluding carboxylic acids is 3. The van der Waals surface area contributed by atoms with Gasteiger partial charge in [0.25, 0.3) is 0 Å². The number of hydrogen-bond donors (Lipinski definition) is 1. The lowest BCUT2D eigenvalue weighted by molar-refractivity contribution is -0.175. The third-order valence-corrected chi connectivity index (χ3v) is 7.97. The Hall–Kier alpha value is -3.98. The lowest BCUT2D eigenvalue weighted by Crippen LogP contribution is -2.46. The van der Waals surface area contributed by atoms with Crippen molar-refractivity contribution in [2.24, 2.45) is 0 Å². The summed E-state index contributed by atoms with van der Waals surface area (Å²) in [5, 5.41) is 2.71.